The fraction of sp³-hybridized carbons (Fsp3) is 0.412. The van der Waals surface area contributed by atoms with E-state index in [2.05, 4.69) is 22.4 Å². The van der Waals surface area contributed by atoms with Crippen molar-refractivity contribution in [3.8, 4) is 0 Å². The first-order valence-corrected chi connectivity index (χ1v) is 8.33. The average Bonchev–Trinajstić information content (AvgIpc) is 2.91. The summed E-state index contributed by atoms with van der Waals surface area (Å²) in [5.41, 5.74) is 0.845. The first kappa shape index (κ1) is 14.7. The van der Waals surface area contributed by atoms with Crippen LogP contribution >= 0.6 is 11.3 Å². The molecule has 1 aromatic carbocycles. The maximum absolute atomic E-state index is 13.4. The molecule has 1 aliphatic heterocycles. The minimum absolute atomic E-state index is 0.403. The van der Waals surface area contributed by atoms with Crippen LogP contribution in [0.25, 0.3) is 0 Å². The van der Waals surface area contributed by atoms with Gasteiger partial charge in [0.15, 0.2) is 11.6 Å². The van der Waals surface area contributed by atoms with E-state index in [9.17, 15) is 8.78 Å². The van der Waals surface area contributed by atoms with Crippen molar-refractivity contribution in [2.75, 3.05) is 6.54 Å². The lowest BCUT2D eigenvalue weighted by atomic mass is 10.1. The first-order chi connectivity index (χ1) is 10.2. The molecule has 4 heteroatoms. The fourth-order valence-corrected chi connectivity index (χ4v) is 3.93. The second kappa shape index (κ2) is 6.67. The largest absolute Gasteiger partial charge is 0.291 e. The summed E-state index contributed by atoms with van der Waals surface area (Å²) in [6.45, 7) is 1.70. The molecule has 3 rings (SSSR count). The summed E-state index contributed by atoms with van der Waals surface area (Å²) >= 11 is 1.78. The lowest BCUT2D eigenvalue weighted by molar-refractivity contribution is 0.195. The van der Waals surface area contributed by atoms with Crippen LogP contribution < -0.4 is 0 Å². The predicted molar refractivity (Wildman–Crippen MR) is 82.3 cm³/mol. The second-order valence-corrected chi connectivity index (χ2v) is 6.58. The van der Waals surface area contributed by atoms with Gasteiger partial charge >= 0.3 is 0 Å². The summed E-state index contributed by atoms with van der Waals surface area (Å²) in [6, 6.07) is 8.91. The van der Waals surface area contributed by atoms with Crippen LogP contribution in [0, 0.1) is 11.6 Å². The van der Waals surface area contributed by atoms with Gasteiger partial charge in [0.1, 0.15) is 0 Å². The van der Waals surface area contributed by atoms with E-state index in [1.807, 2.05) is 0 Å². The number of halogens is 2. The molecule has 0 spiro atoms. The van der Waals surface area contributed by atoms with Gasteiger partial charge in [-0.1, -0.05) is 25.0 Å². The first-order valence-electron chi connectivity index (χ1n) is 7.45. The van der Waals surface area contributed by atoms with Crippen molar-refractivity contribution in [2.45, 2.75) is 38.3 Å². The quantitative estimate of drug-likeness (QED) is 0.758. The van der Waals surface area contributed by atoms with E-state index in [-0.39, 0.29) is 0 Å². The number of likely N-dealkylation sites (tertiary alicyclic amines) is 1. The normalized spacial score (nSPS) is 20.4. The highest BCUT2D eigenvalue weighted by Crippen LogP contribution is 2.33. The molecule has 1 aromatic heterocycles. The molecule has 0 amide bonds. The molecule has 0 aliphatic carbocycles. The highest BCUT2D eigenvalue weighted by atomic mass is 32.1. The van der Waals surface area contributed by atoms with Gasteiger partial charge in [-0.2, -0.15) is 0 Å². The molecule has 0 unspecified atom stereocenters. The third kappa shape index (κ3) is 3.50. The van der Waals surface area contributed by atoms with E-state index in [0.29, 0.717) is 12.6 Å². The Morgan fingerprint density at radius 2 is 2.00 bits per heavy atom. The summed E-state index contributed by atoms with van der Waals surface area (Å²) in [6.07, 6.45) is 4.79. The molecule has 2 heterocycles. The van der Waals surface area contributed by atoms with Gasteiger partial charge in [-0.05, 0) is 48.5 Å². The zero-order chi connectivity index (χ0) is 14.7. The molecule has 1 atom stereocenters. The van der Waals surface area contributed by atoms with Gasteiger partial charge < -0.3 is 0 Å². The van der Waals surface area contributed by atoms with Crippen LogP contribution in [-0.4, -0.2) is 11.4 Å². The Morgan fingerprint density at radius 1 is 1.10 bits per heavy atom. The number of benzene rings is 1. The topological polar surface area (TPSA) is 3.24 Å². The number of rotatable bonds is 3. The fourth-order valence-electron chi connectivity index (χ4n) is 3.03. The monoisotopic (exact) mass is 307 g/mol. The zero-order valence-corrected chi connectivity index (χ0v) is 12.7. The molecule has 0 radical (unpaired) electrons. The van der Waals surface area contributed by atoms with Crippen molar-refractivity contribution in [1.82, 2.24) is 4.90 Å². The van der Waals surface area contributed by atoms with Gasteiger partial charge in [0.2, 0.25) is 0 Å². The minimum atomic E-state index is -0.774. The molecule has 1 aliphatic rings. The average molecular weight is 307 g/mol. The van der Waals surface area contributed by atoms with Crippen LogP contribution in [0.5, 0.6) is 0 Å². The van der Waals surface area contributed by atoms with Gasteiger partial charge in [-0.15, -0.1) is 11.3 Å². The van der Waals surface area contributed by atoms with E-state index in [1.165, 1.54) is 36.3 Å². The van der Waals surface area contributed by atoms with E-state index < -0.39 is 11.6 Å². The van der Waals surface area contributed by atoms with Crippen molar-refractivity contribution in [3.63, 3.8) is 0 Å². The lowest BCUT2D eigenvalue weighted by Crippen LogP contribution is -2.27. The minimum Gasteiger partial charge on any atom is -0.291 e. The summed E-state index contributed by atoms with van der Waals surface area (Å²) < 4.78 is 26.4. The molecular weight excluding hydrogens is 288 g/mol. The van der Waals surface area contributed by atoms with E-state index in [0.717, 1.165) is 18.5 Å². The van der Waals surface area contributed by atoms with Crippen molar-refractivity contribution < 1.29 is 8.78 Å². The molecule has 0 N–H and O–H groups in total. The second-order valence-electron chi connectivity index (χ2n) is 5.60. The van der Waals surface area contributed by atoms with Gasteiger partial charge in [-0.25, -0.2) is 8.78 Å². The van der Waals surface area contributed by atoms with Crippen molar-refractivity contribution in [3.05, 3.63) is 57.8 Å². The summed E-state index contributed by atoms with van der Waals surface area (Å²) in [5.74, 6) is -1.53. The van der Waals surface area contributed by atoms with E-state index in [4.69, 9.17) is 0 Å². The summed E-state index contributed by atoms with van der Waals surface area (Å²) in [5, 5.41) is 2.11. The Morgan fingerprint density at radius 3 is 2.76 bits per heavy atom. The molecular formula is C17H19F2NS. The highest BCUT2D eigenvalue weighted by Gasteiger charge is 2.23. The zero-order valence-electron chi connectivity index (χ0n) is 11.9. The summed E-state index contributed by atoms with van der Waals surface area (Å²) in [7, 11) is 0. The molecule has 1 fully saturated rings. The van der Waals surface area contributed by atoms with Crippen molar-refractivity contribution in [1.29, 1.82) is 0 Å². The Labute approximate surface area is 128 Å². The molecule has 1 nitrogen and oxygen atoms in total. The van der Waals surface area contributed by atoms with Crippen molar-refractivity contribution >= 4 is 11.3 Å². The molecule has 0 saturated carbocycles. The number of thiophene rings is 1. The van der Waals surface area contributed by atoms with Gasteiger partial charge in [0.05, 0.1) is 0 Å². The third-order valence-electron chi connectivity index (χ3n) is 4.10. The standard InChI is InChI=1S/C17H19F2NS/c18-14-8-7-13(11-15(14)19)12-20-9-3-1-2-5-16(20)17-6-4-10-21-17/h4,6-8,10-11,16H,1-3,5,9,12H2/t16-/m0/s1. The number of hydrogen-bond acceptors (Lipinski definition) is 2. The van der Waals surface area contributed by atoms with Crippen LogP contribution in [0.4, 0.5) is 8.78 Å². The Bertz CT molecular complexity index is 582. The number of hydrogen-bond donors (Lipinski definition) is 0. The van der Waals surface area contributed by atoms with Gasteiger partial charge in [0.25, 0.3) is 0 Å². The molecule has 1 saturated heterocycles. The SMILES string of the molecule is Fc1ccc(CN2CCCCC[C@H]2c2cccs2)cc1F. The maximum atomic E-state index is 13.4. The lowest BCUT2D eigenvalue weighted by Gasteiger charge is -2.29. The van der Waals surface area contributed by atoms with Crippen LogP contribution in [-0.2, 0) is 6.54 Å². The molecule has 21 heavy (non-hydrogen) atoms. The van der Waals surface area contributed by atoms with Crippen LogP contribution in [0.15, 0.2) is 35.7 Å². The van der Waals surface area contributed by atoms with Crippen LogP contribution in [0.2, 0.25) is 0 Å². The maximum Gasteiger partial charge on any atom is 0.159 e. The smallest absolute Gasteiger partial charge is 0.159 e. The molecule has 2 aromatic rings. The number of nitrogens with zero attached hydrogens (tertiary/aromatic N) is 1. The van der Waals surface area contributed by atoms with Crippen molar-refractivity contribution in [2.24, 2.45) is 0 Å². The van der Waals surface area contributed by atoms with Crippen LogP contribution in [0.3, 0.4) is 0 Å². The Hall–Kier alpha value is -1.26. The molecule has 0 bridgehead atoms. The highest BCUT2D eigenvalue weighted by molar-refractivity contribution is 7.10. The Balaban J connectivity index is 1.81. The Kier molecular flexibility index (Phi) is 4.66. The summed E-state index contributed by atoms with van der Waals surface area (Å²) in [4.78, 5) is 3.78. The third-order valence-corrected chi connectivity index (χ3v) is 5.08. The van der Waals surface area contributed by atoms with E-state index in [1.54, 1.807) is 17.4 Å². The predicted octanol–water partition coefficient (Wildman–Crippen LogP) is 5.14. The van der Waals surface area contributed by atoms with Gasteiger partial charge in [-0.3, -0.25) is 4.90 Å². The van der Waals surface area contributed by atoms with E-state index >= 15 is 0 Å². The van der Waals surface area contributed by atoms with Crippen LogP contribution in [0.1, 0.15) is 42.2 Å². The molecule has 112 valence electrons. The van der Waals surface area contributed by atoms with Gasteiger partial charge in [0, 0.05) is 17.5 Å².